The molecule has 5 heteroatoms. The van der Waals surface area contributed by atoms with Crippen molar-refractivity contribution < 1.29 is 19.0 Å². The van der Waals surface area contributed by atoms with Crippen LogP contribution in [-0.4, -0.2) is 36.9 Å². The van der Waals surface area contributed by atoms with E-state index in [1.54, 1.807) is 0 Å². The van der Waals surface area contributed by atoms with Gasteiger partial charge in [0, 0.05) is 19.2 Å². The summed E-state index contributed by atoms with van der Waals surface area (Å²) in [6.45, 7) is 1.55. The first-order valence-electron chi connectivity index (χ1n) is 4.10. The van der Waals surface area contributed by atoms with Crippen molar-refractivity contribution in [1.29, 1.82) is 0 Å². The van der Waals surface area contributed by atoms with E-state index in [2.05, 4.69) is 5.32 Å². The number of carboxylic acid groups (broad SMARTS) is 1. The summed E-state index contributed by atoms with van der Waals surface area (Å²) in [4.78, 5) is 10.0. The van der Waals surface area contributed by atoms with Crippen LogP contribution in [-0.2, 0) is 9.53 Å². The average Bonchev–Trinajstić information content (AvgIpc) is 2.56. The van der Waals surface area contributed by atoms with Gasteiger partial charge in [-0.1, -0.05) is 0 Å². The van der Waals surface area contributed by atoms with E-state index in [4.69, 9.17) is 9.84 Å². The summed E-state index contributed by atoms with van der Waals surface area (Å²) in [5.74, 6) is -2.64. The molecule has 1 aliphatic rings. The largest absolute Gasteiger partial charge is 0.476 e. The standard InChI is InChI=1S/C8H12FNO3/c9-7(8(11)12)1-3-10-6-2-4-13-5-6/h1,6,10H,2-5H2,(H,11,12)/b7-1-. The molecule has 1 heterocycles. The third kappa shape index (κ3) is 3.52. The molecule has 1 atom stereocenters. The summed E-state index contributed by atoms with van der Waals surface area (Å²) < 4.78 is 17.5. The van der Waals surface area contributed by atoms with E-state index in [0.717, 1.165) is 12.5 Å². The van der Waals surface area contributed by atoms with Crippen molar-refractivity contribution in [3.8, 4) is 0 Å². The van der Waals surface area contributed by atoms with Crippen LogP contribution >= 0.6 is 0 Å². The lowest BCUT2D eigenvalue weighted by Gasteiger charge is -2.06. The van der Waals surface area contributed by atoms with Gasteiger partial charge in [-0.3, -0.25) is 0 Å². The van der Waals surface area contributed by atoms with Gasteiger partial charge in [0.05, 0.1) is 6.61 Å². The summed E-state index contributed by atoms with van der Waals surface area (Å²) >= 11 is 0. The van der Waals surface area contributed by atoms with Gasteiger partial charge in [0.2, 0.25) is 5.83 Å². The quantitative estimate of drug-likeness (QED) is 0.624. The lowest BCUT2D eigenvalue weighted by Crippen LogP contribution is -2.29. The van der Waals surface area contributed by atoms with Crippen molar-refractivity contribution in [3.05, 3.63) is 11.9 Å². The van der Waals surface area contributed by atoms with Gasteiger partial charge in [0.15, 0.2) is 0 Å². The fourth-order valence-corrected chi connectivity index (χ4v) is 1.10. The van der Waals surface area contributed by atoms with Crippen LogP contribution < -0.4 is 5.32 Å². The Morgan fingerprint density at radius 3 is 3.08 bits per heavy atom. The van der Waals surface area contributed by atoms with Crippen LogP contribution in [0.3, 0.4) is 0 Å². The minimum Gasteiger partial charge on any atom is -0.476 e. The van der Waals surface area contributed by atoms with Crippen molar-refractivity contribution in [2.24, 2.45) is 0 Å². The summed E-state index contributed by atoms with van der Waals surface area (Å²) in [6.07, 6.45) is 1.91. The number of hydrogen-bond acceptors (Lipinski definition) is 3. The van der Waals surface area contributed by atoms with E-state index in [9.17, 15) is 9.18 Å². The highest BCUT2D eigenvalue weighted by atomic mass is 19.1. The van der Waals surface area contributed by atoms with E-state index in [1.165, 1.54) is 0 Å². The van der Waals surface area contributed by atoms with Gasteiger partial charge in [-0.25, -0.2) is 4.79 Å². The third-order valence-electron chi connectivity index (χ3n) is 1.82. The van der Waals surface area contributed by atoms with Gasteiger partial charge in [-0.05, 0) is 12.5 Å². The summed E-state index contributed by atoms with van der Waals surface area (Å²) in [5.41, 5.74) is 0. The number of nitrogens with one attached hydrogen (secondary N) is 1. The Hall–Kier alpha value is -0.940. The average molecular weight is 189 g/mol. The van der Waals surface area contributed by atoms with Gasteiger partial charge in [-0.15, -0.1) is 0 Å². The van der Waals surface area contributed by atoms with Gasteiger partial charge in [-0.2, -0.15) is 4.39 Å². The molecule has 0 aromatic carbocycles. The second kappa shape index (κ2) is 4.94. The van der Waals surface area contributed by atoms with Gasteiger partial charge >= 0.3 is 5.97 Å². The predicted octanol–water partition coefficient (Wildman–Crippen LogP) is 0.303. The van der Waals surface area contributed by atoms with Crippen LogP contribution in [0.25, 0.3) is 0 Å². The van der Waals surface area contributed by atoms with E-state index in [0.29, 0.717) is 13.2 Å². The van der Waals surface area contributed by atoms with E-state index in [1.807, 2.05) is 0 Å². The van der Waals surface area contributed by atoms with Crippen molar-refractivity contribution in [1.82, 2.24) is 5.32 Å². The first kappa shape index (κ1) is 10.1. The Balaban J connectivity index is 2.18. The van der Waals surface area contributed by atoms with E-state index >= 15 is 0 Å². The fraction of sp³-hybridized carbons (Fsp3) is 0.625. The molecule has 0 aliphatic carbocycles. The Labute approximate surface area is 75.4 Å². The molecule has 1 fully saturated rings. The topological polar surface area (TPSA) is 58.6 Å². The molecule has 0 aromatic heterocycles. The fourth-order valence-electron chi connectivity index (χ4n) is 1.10. The number of hydrogen-bond donors (Lipinski definition) is 2. The summed E-state index contributed by atoms with van der Waals surface area (Å²) in [5, 5.41) is 11.1. The van der Waals surface area contributed by atoms with E-state index in [-0.39, 0.29) is 12.6 Å². The SMILES string of the molecule is O=C(O)/C(F)=C/CNC1CCOC1. The molecule has 1 saturated heterocycles. The lowest BCUT2D eigenvalue weighted by atomic mass is 10.2. The van der Waals surface area contributed by atoms with Crippen LogP contribution in [0.1, 0.15) is 6.42 Å². The Morgan fingerprint density at radius 2 is 2.54 bits per heavy atom. The molecule has 1 unspecified atom stereocenters. The maximum Gasteiger partial charge on any atom is 0.364 e. The molecule has 0 saturated carbocycles. The lowest BCUT2D eigenvalue weighted by molar-refractivity contribution is -0.134. The summed E-state index contributed by atoms with van der Waals surface area (Å²) in [6, 6.07) is 0.220. The van der Waals surface area contributed by atoms with Gasteiger partial charge in [0.25, 0.3) is 0 Å². The molecule has 0 spiro atoms. The normalized spacial score (nSPS) is 23.5. The highest BCUT2D eigenvalue weighted by Crippen LogP contribution is 2.03. The van der Waals surface area contributed by atoms with Crippen LogP contribution in [0.5, 0.6) is 0 Å². The second-order valence-electron chi connectivity index (χ2n) is 2.83. The molecule has 0 radical (unpaired) electrons. The molecule has 13 heavy (non-hydrogen) atoms. The number of halogens is 1. The first-order chi connectivity index (χ1) is 6.20. The molecule has 0 aromatic rings. The molecule has 4 nitrogen and oxygen atoms in total. The Kier molecular flexibility index (Phi) is 3.85. The maximum atomic E-state index is 12.4. The minimum absolute atomic E-state index is 0.220. The number of aliphatic carboxylic acids is 1. The molecule has 0 bridgehead atoms. The van der Waals surface area contributed by atoms with Crippen LogP contribution in [0.15, 0.2) is 11.9 Å². The second-order valence-corrected chi connectivity index (χ2v) is 2.83. The van der Waals surface area contributed by atoms with Crippen molar-refractivity contribution in [2.75, 3.05) is 19.8 Å². The predicted molar refractivity (Wildman–Crippen MR) is 44.1 cm³/mol. The van der Waals surface area contributed by atoms with Gasteiger partial charge in [0.1, 0.15) is 0 Å². The molecule has 1 rings (SSSR count). The highest BCUT2D eigenvalue weighted by molar-refractivity contribution is 5.83. The smallest absolute Gasteiger partial charge is 0.364 e. The number of rotatable bonds is 4. The van der Waals surface area contributed by atoms with Crippen molar-refractivity contribution in [2.45, 2.75) is 12.5 Å². The van der Waals surface area contributed by atoms with Crippen molar-refractivity contribution in [3.63, 3.8) is 0 Å². The number of carboxylic acids is 1. The zero-order chi connectivity index (χ0) is 9.68. The highest BCUT2D eigenvalue weighted by Gasteiger charge is 2.14. The van der Waals surface area contributed by atoms with Crippen molar-refractivity contribution >= 4 is 5.97 Å². The minimum atomic E-state index is -1.52. The zero-order valence-corrected chi connectivity index (χ0v) is 7.12. The van der Waals surface area contributed by atoms with Crippen LogP contribution in [0, 0.1) is 0 Å². The van der Waals surface area contributed by atoms with Crippen LogP contribution in [0.2, 0.25) is 0 Å². The summed E-state index contributed by atoms with van der Waals surface area (Å²) in [7, 11) is 0. The Morgan fingerprint density at radius 1 is 1.77 bits per heavy atom. The number of ether oxygens (including phenoxy) is 1. The molecule has 1 aliphatic heterocycles. The van der Waals surface area contributed by atoms with E-state index < -0.39 is 11.8 Å². The molecule has 2 N–H and O–H groups in total. The number of carbonyl (C=O) groups is 1. The maximum absolute atomic E-state index is 12.4. The first-order valence-corrected chi connectivity index (χ1v) is 4.10. The molecular formula is C8H12FNO3. The zero-order valence-electron chi connectivity index (χ0n) is 7.12. The monoisotopic (exact) mass is 189 g/mol. The Bertz CT molecular complexity index is 211. The molecule has 74 valence electrons. The van der Waals surface area contributed by atoms with Crippen LogP contribution in [0.4, 0.5) is 4.39 Å². The molecule has 0 amide bonds. The molecular weight excluding hydrogens is 177 g/mol. The van der Waals surface area contributed by atoms with Gasteiger partial charge < -0.3 is 15.2 Å². The third-order valence-corrected chi connectivity index (χ3v) is 1.82.